The highest BCUT2D eigenvalue weighted by Gasteiger charge is 2.19. The molecule has 0 atom stereocenters. The van der Waals surface area contributed by atoms with E-state index in [-0.39, 0.29) is 12.5 Å². The highest BCUT2D eigenvalue weighted by Crippen LogP contribution is 2.38. The van der Waals surface area contributed by atoms with Crippen LogP contribution in [0.5, 0.6) is 11.5 Å². The average Bonchev–Trinajstić information content (AvgIpc) is 3.24. The largest absolute Gasteiger partial charge is 0.477 e. The number of benzene rings is 2. The van der Waals surface area contributed by atoms with Gasteiger partial charge in [-0.25, -0.2) is 9.78 Å². The summed E-state index contributed by atoms with van der Waals surface area (Å²) in [7, 11) is 0. The van der Waals surface area contributed by atoms with Crippen molar-refractivity contribution in [1.29, 1.82) is 0 Å². The summed E-state index contributed by atoms with van der Waals surface area (Å²) in [5.74, 6) is 0.240. The number of hydrogen-bond donors (Lipinski definition) is 2. The summed E-state index contributed by atoms with van der Waals surface area (Å²) in [5, 5.41) is 11.3. The van der Waals surface area contributed by atoms with Crippen LogP contribution in [0.2, 0.25) is 0 Å². The summed E-state index contributed by atoms with van der Waals surface area (Å²) < 4.78 is 10.8. The third kappa shape index (κ3) is 2.04. The molecule has 6 nitrogen and oxygen atoms in total. The van der Waals surface area contributed by atoms with Gasteiger partial charge in [0, 0.05) is 21.9 Å². The molecule has 0 bridgehead atoms. The van der Waals surface area contributed by atoms with Crippen molar-refractivity contribution in [3.63, 3.8) is 0 Å². The Morgan fingerprint density at radius 1 is 1.04 bits per heavy atom. The van der Waals surface area contributed by atoms with Crippen molar-refractivity contribution < 1.29 is 19.4 Å². The zero-order valence-electron chi connectivity index (χ0n) is 12.9. The quantitative estimate of drug-likeness (QED) is 0.583. The maximum Gasteiger partial charge on any atom is 0.354 e. The minimum atomic E-state index is -1.06. The summed E-state index contributed by atoms with van der Waals surface area (Å²) >= 11 is 0. The number of fused-ring (bicyclic) bond motifs is 4. The number of carbonyl (C=O) groups is 1. The van der Waals surface area contributed by atoms with Crippen LogP contribution in [0.25, 0.3) is 33.1 Å². The number of ether oxygens (including phenoxy) is 2. The molecule has 2 aromatic heterocycles. The normalized spacial score (nSPS) is 12.8. The van der Waals surface area contributed by atoms with Gasteiger partial charge in [0.05, 0.1) is 11.2 Å². The van der Waals surface area contributed by atoms with Crippen molar-refractivity contribution in [3.05, 3.63) is 54.2 Å². The Morgan fingerprint density at radius 3 is 2.76 bits per heavy atom. The predicted molar refractivity (Wildman–Crippen MR) is 92.1 cm³/mol. The lowest BCUT2D eigenvalue weighted by atomic mass is 10.1. The first-order valence-electron chi connectivity index (χ1n) is 7.75. The van der Waals surface area contributed by atoms with E-state index in [2.05, 4.69) is 9.97 Å². The van der Waals surface area contributed by atoms with Crippen molar-refractivity contribution in [2.45, 2.75) is 0 Å². The molecule has 1 aliphatic heterocycles. The molecule has 122 valence electrons. The maximum atomic E-state index is 11.6. The molecule has 0 spiro atoms. The Kier molecular flexibility index (Phi) is 2.76. The number of carboxylic acid groups (broad SMARTS) is 1. The molecule has 0 saturated carbocycles. The second kappa shape index (κ2) is 4.98. The fourth-order valence-electron chi connectivity index (χ4n) is 3.21. The summed E-state index contributed by atoms with van der Waals surface area (Å²) in [6, 6.07) is 14.9. The number of aromatic carboxylic acids is 1. The highest BCUT2D eigenvalue weighted by molar-refractivity contribution is 6.12. The van der Waals surface area contributed by atoms with E-state index in [1.165, 1.54) is 0 Å². The SMILES string of the molecule is O=C(O)c1cc2c([nH]c3ccccc32)c(-c2ccc3c(c2)OCO3)n1. The van der Waals surface area contributed by atoms with Gasteiger partial charge in [0.1, 0.15) is 5.69 Å². The molecule has 0 fully saturated rings. The van der Waals surface area contributed by atoms with Crippen LogP contribution in [0.4, 0.5) is 0 Å². The van der Waals surface area contributed by atoms with Gasteiger partial charge in [-0.3, -0.25) is 0 Å². The van der Waals surface area contributed by atoms with Gasteiger partial charge < -0.3 is 19.6 Å². The number of hydrogen-bond acceptors (Lipinski definition) is 4. The number of nitrogens with one attached hydrogen (secondary N) is 1. The molecule has 6 heteroatoms. The summed E-state index contributed by atoms with van der Waals surface area (Å²) in [6.07, 6.45) is 0. The minimum Gasteiger partial charge on any atom is -0.477 e. The zero-order valence-corrected chi connectivity index (χ0v) is 12.9. The molecule has 0 unspecified atom stereocenters. The monoisotopic (exact) mass is 332 g/mol. The van der Waals surface area contributed by atoms with Crippen molar-refractivity contribution >= 4 is 27.8 Å². The van der Waals surface area contributed by atoms with Crippen molar-refractivity contribution in [3.8, 4) is 22.8 Å². The molecule has 0 radical (unpaired) electrons. The standard InChI is InChI=1S/C19H12N2O4/c22-19(23)14-8-12-11-3-1-2-4-13(11)20-18(12)17(21-14)10-5-6-15-16(7-10)25-9-24-15/h1-8,20H,9H2,(H,22,23). The molecular weight excluding hydrogens is 320 g/mol. The Labute approximate surface area is 141 Å². The van der Waals surface area contributed by atoms with Crippen LogP contribution in [0, 0.1) is 0 Å². The van der Waals surface area contributed by atoms with E-state index in [1.807, 2.05) is 36.4 Å². The molecular formula is C19H12N2O4. The molecule has 5 rings (SSSR count). The molecule has 1 aliphatic rings. The van der Waals surface area contributed by atoms with Crippen LogP contribution in [0.1, 0.15) is 10.5 Å². The predicted octanol–water partition coefficient (Wildman–Crippen LogP) is 3.81. The number of H-pyrrole nitrogens is 1. The minimum absolute atomic E-state index is 0.00456. The van der Waals surface area contributed by atoms with Gasteiger partial charge in [-0.2, -0.15) is 0 Å². The Morgan fingerprint density at radius 2 is 1.88 bits per heavy atom. The highest BCUT2D eigenvalue weighted by atomic mass is 16.7. The Bertz CT molecular complexity index is 1160. The number of para-hydroxylation sites is 1. The first-order chi connectivity index (χ1) is 12.2. The molecule has 0 aliphatic carbocycles. The van der Waals surface area contributed by atoms with E-state index >= 15 is 0 Å². The third-order valence-corrected chi connectivity index (χ3v) is 4.36. The van der Waals surface area contributed by atoms with Crippen LogP contribution in [-0.2, 0) is 0 Å². The van der Waals surface area contributed by atoms with Gasteiger partial charge in [0.2, 0.25) is 6.79 Å². The van der Waals surface area contributed by atoms with Gasteiger partial charge in [-0.05, 0) is 30.3 Å². The topological polar surface area (TPSA) is 84.4 Å². The molecule has 4 aromatic rings. The van der Waals surface area contributed by atoms with E-state index in [4.69, 9.17) is 9.47 Å². The smallest absolute Gasteiger partial charge is 0.354 e. The number of pyridine rings is 1. The lowest BCUT2D eigenvalue weighted by Gasteiger charge is -2.06. The van der Waals surface area contributed by atoms with Crippen molar-refractivity contribution in [1.82, 2.24) is 9.97 Å². The van der Waals surface area contributed by atoms with Gasteiger partial charge in [0.25, 0.3) is 0 Å². The van der Waals surface area contributed by atoms with E-state index in [0.29, 0.717) is 17.2 Å². The number of rotatable bonds is 2. The molecule has 25 heavy (non-hydrogen) atoms. The van der Waals surface area contributed by atoms with Crippen molar-refractivity contribution in [2.24, 2.45) is 0 Å². The zero-order chi connectivity index (χ0) is 17.0. The molecule has 0 saturated heterocycles. The van der Waals surface area contributed by atoms with E-state index < -0.39 is 5.97 Å². The van der Waals surface area contributed by atoms with Crippen LogP contribution < -0.4 is 9.47 Å². The fourth-order valence-corrected chi connectivity index (χ4v) is 3.21. The lowest BCUT2D eigenvalue weighted by molar-refractivity contribution is 0.0691. The first kappa shape index (κ1) is 13.9. The molecule has 3 heterocycles. The lowest BCUT2D eigenvalue weighted by Crippen LogP contribution is -2.01. The maximum absolute atomic E-state index is 11.6. The van der Waals surface area contributed by atoms with Crippen LogP contribution >= 0.6 is 0 Å². The number of carboxylic acids is 1. The summed E-state index contributed by atoms with van der Waals surface area (Å²) in [4.78, 5) is 19.3. The first-order valence-corrected chi connectivity index (χ1v) is 7.75. The summed E-state index contributed by atoms with van der Waals surface area (Å²) in [6.45, 7) is 0.184. The van der Waals surface area contributed by atoms with Gasteiger partial charge >= 0.3 is 5.97 Å². The number of aromatic nitrogens is 2. The van der Waals surface area contributed by atoms with Gasteiger partial charge in [-0.1, -0.05) is 18.2 Å². The summed E-state index contributed by atoms with van der Waals surface area (Å²) in [5.41, 5.74) is 3.08. The molecule has 2 N–H and O–H groups in total. The van der Waals surface area contributed by atoms with Gasteiger partial charge in [0.15, 0.2) is 11.5 Å². The Balaban J connectivity index is 1.85. The Hall–Kier alpha value is -3.54. The number of nitrogens with zero attached hydrogens (tertiary/aromatic N) is 1. The van der Waals surface area contributed by atoms with Crippen LogP contribution in [0.15, 0.2) is 48.5 Å². The van der Waals surface area contributed by atoms with E-state index in [9.17, 15) is 9.90 Å². The van der Waals surface area contributed by atoms with Crippen molar-refractivity contribution in [2.75, 3.05) is 6.79 Å². The van der Waals surface area contributed by atoms with E-state index in [0.717, 1.165) is 27.4 Å². The average molecular weight is 332 g/mol. The fraction of sp³-hybridized carbons (Fsp3) is 0.0526. The van der Waals surface area contributed by atoms with Crippen LogP contribution in [-0.4, -0.2) is 27.8 Å². The molecule has 0 amide bonds. The van der Waals surface area contributed by atoms with Gasteiger partial charge in [-0.15, -0.1) is 0 Å². The van der Waals surface area contributed by atoms with Crippen LogP contribution in [0.3, 0.4) is 0 Å². The third-order valence-electron chi connectivity index (χ3n) is 4.36. The number of aromatic amines is 1. The van der Waals surface area contributed by atoms with E-state index in [1.54, 1.807) is 12.1 Å². The molecule has 2 aromatic carbocycles. The second-order valence-corrected chi connectivity index (χ2v) is 5.82. The second-order valence-electron chi connectivity index (χ2n) is 5.82.